The molecule has 0 saturated heterocycles. The Hall–Kier alpha value is -0.730. The van der Waals surface area contributed by atoms with Crippen molar-refractivity contribution in [2.24, 2.45) is 0 Å². The molecule has 4 heteroatoms. The summed E-state index contributed by atoms with van der Waals surface area (Å²) >= 11 is 5.65. The van der Waals surface area contributed by atoms with E-state index in [2.05, 4.69) is 0 Å². The van der Waals surface area contributed by atoms with Crippen molar-refractivity contribution < 1.29 is 9.90 Å². The van der Waals surface area contributed by atoms with Gasteiger partial charge in [-0.15, -0.1) is 12.4 Å². The van der Waals surface area contributed by atoms with Gasteiger partial charge in [-0.1, -0.05) is 23.7 Å². The topological polar surface area (TPSA) is 37.3 Å². The maximum absolute atomic E-state index is 10.6. The molecule has 0 heterocycles. The summed E-state index contributed by atoms with van der Waals surface area (Å²) in [6.07, 6.45) is 0. The number of carboxylic acids is 1. The van der Waals surface area contributed by atoms with Crippen LogP contribution in [0.2, 0.25) is 5.02 Å². The van der Waals surface area contributed by atoms with Gasteiger partial charge >= 0.3 is 5.97 Å². The molecule has 13 heavy (non-hydrogen) atoms. The summed E-state index contributed by atoms with van der Waals surface area (Å²) in [5.74, 6) is -1.29. The molecule has 72 valence electrons. The molecular formula is C9H10Cl2O2. The van der Waals surface area contributed by atoms with Crippen LogP contribution in [-0.2, 0) is 4.79 Å². The summed E-state index contributed by atoms with van der Waals surface area (Å²) in [7, 11) is 0. The minimum Gasteiger partial charge on any atom is -0.481 e. The smallest absolute Gasteiger partial charge is 0.310 e. The van der Waals surface area contributed by atoms with Crippen molar-refractivity contribution in [3.05, 3.63) is 34.9 Å². The zero-order valence-corrected chi connectivity index (χ0v) is 8.60. The molecule has 0 fully saturated rings. The lowest BCUT2D eigenvalue weighted by Gasteiger charge is -2.05. The summed E-state index contributed by atoms with van der Waals surface area (Å²) < 4.78 is 0. The summed E-state index contributed by atoms with van der Waals surface area (Å²) in [5, 5.41) is 9.29. The Morgan fingerprint density at radius 1 is 1.38 bits per heavy atom. The molecule has 0 aromatic heterocycles. The highest BCUT2D eigenvalue weighted by atomic mass is 35.5. The highest BCUT2D eigenvalue weighted by Crippen LogP contribution is 2.17. The number of hydrogen-bond donors (Lipinski definition) is 1. The number of benzene rings is 1. The molecule has 0 aliphatic carbocycles. The molecule has 1 N–H and O–H groups in total. The van der Waals surface area contributed by atoms with E-state index < -0.39 is 11.9 Å². The third kappa shape index (κ3) is 3.25. The van der Waals surface area contributed by atoms with Crippen LogP contribution in [0.25, 0.3) is 0 Å². The molecule has 0 aliphatic rings. The molecule has 1 aromatic carbocycles. The first-order valence-electron chi connectivity index (χ1n) is 3.59. The van der Waals surface area contributed by atoms with Crippen molar-refractivity contribution in [3.63, 3.8) is 0 Å². The minimum absolute atomic E-state index is 0. The Labute approximate surface area is 87.9 Å². The number of halogens is 2. The third-order valence-electron chi connectivity index (χ3n) is 1.74. The molecule has 1 unspecified atom stereocenters. The van der Waals surface area contributed by atoms with Crippen LogP contribution in [0.15, 0.2) is 24.3 Å². The molecule has 1 aromatic rings. The second-order valence-corrected chi connectivity index (χ2v) is 3.05. The van der Waals surface area contributed by atoms with E-state index in [-0.39, 0.29) is 12.4 Å². The zero-order valence-electron chi connectivity index (χ0n) is 7.03. The molecule has 0 spiro atoms. The van der Waals surface area contributed by atoms with E-state index in [1.807, 2.05) is 0 Å². The van der Waals surface area contributed by atoms with Crippen LogP contribution >= 0.6 is 24.0 Å². The van der Waals surface area contributed by atoms with Crippen LogP contribution in [0.1, 0.15) is 18.4 Å². The Kier molecular flexibility index (Phi) is 4.81. The van der Waals surface area contributed by atoms with Gasteiger partial charge in [0.05, 0.1) is 5.92 Å². The Balaban J connectivity index is 0.00000144. The van der Waals surface area contributed by atoms with Crippen LogP contribution in [-0.4, -0.2) is 11.1 Å². The number of rotatable bonds is 2. The van der Waals surface area contributed by atoms with E-state index in [1.165, 1.54) is 0 Å². The Morgan fingerprint density at radius 2 is 1.85 bits per heavy atom. The van der Waals surface area contributed by atoms with Crippen LogP contribution < -0.4 is 0 Å². The molecule has 1 atom stereocenters. The van der Waals surface area contributed by atoms with Gasteiger partial charge in [-0.2, -0.15) is 0 Å². The Bertz CT molecular complexity index is 282. The van der Waals surface area contributed by atoms with Gasteiger partial charge in [0, 0.05) is 5.02 Å². The van der Waals surface area contributed by atoms with Crippen LogP contribution in [0.4, 0.5) is 0 Å². The minimum atomic E-state index is -0.822. The van der Waals surface area contributed by atoms with Crippen molar-refractivity contribution >= 4 is 30.0 Å². The van der Waals surface area contributed by atoms with E-state index in [9.17, 15) is 4.79 Å². The van der Waals surface area contributed by atoms with Gasteiger partial charge < -0.3 is 5.11 Å². The third-order valence-corrected chi connectivity index (χ3v) is 1.99. The van der Waals surface area contributed by atoms with E-state index in [1.54, 1.807) is 31.2 Å². The van der Waals surface area contributed by atoms with Crippen LogP contribution in [0, 0.1) is 0 Å². The standard InChI is InChI=1S/C9H9ClO2.ClH/c1-6(9(11)12)7-2-4-8(10)5-3-7;/h2-6H,1H3,(H,11,12);1H. The van der Waals surface area contributed by atoms with Gasteiger partial charge in [0.15, 0.2) is 0 Å². The maximum atomic E-state index is 10.6. The van der Waals surface area contributed by atoms with Crippen LogP contribution in [0.3, 0.4) is 0 Å². The Morgan fingerprint density at radius 3 is 2.23 bits per heavy atom. The normalized spacial score (nSPS) is 11.5. The zero-order chi connectivity index (χ0) is 9.14. The van der Waals surface area contributed by atoms with Gasteiger partial charge in [0.25, 0.3) is 0 Å². The van der Waals surface area contributed by atoms with E-state index in [0.29, 0.717) is 5.02 Å². The van der Waals surface area contributed by atoms with Crippen molar-refractivity contribution in [2.45, 2.75) is 12.8 Å². The fourth-order valence-electron chi connectivity index (χ4n) is 0.894. The lowest BCUT2D eigenvalue weighted by molar-refractivity contribution is -0.138. The van der Waals surface area contributed by atoms with Gasteiger partial charge in [-0.3, -0.25) is 4.79 Å². The first kappa shape index (κ1) is 12.3. The van der Waals surface area contributed by atoms with E-state index in [4.69, 9.17) is 16.7 Å². The predicted molar refractivity (Wildman–Crippen MR) is 54.8 cm³/mol. The highest BCUT2D eigenvalue weighted by molar-refractivity contribution is 6.30. The second-order valence-electron chi connectivity index (χ2n) is 2.61. The molecule has 0 radical (unpaired) electrons. The first-order valence-corrected chi connectivity index (χ1v) is 3.97. The summed E-state index contributed by atoms with van der Waals surface area (Å²) in [6.45, 7) is 1.64. The lowest BCUT2D eigenvalue weighted by Crippen LogP contribution is -2.06. The van der Waals surface area contributed by atoms with Crippen molar-refractivity contribution in [1.29, 1.82) is 0 Å². The molecule has 0 saturated carbocycles. The molecule has 0 bridgehead atoms. The monoisotopic (exact) mass is 220 g/mol. The average Bonchev–Trinajstić information content (AvgIpc) is 2.04. The van der Waals surface area contributed by atoms with Gasteiger partial charge in [0.2, 0.25) is 0 Å². The van der Waals surface area contributed by atoms with Gasteiger partial charge in [-0.05, 0) is 24.6 Å². The fraction of sp³-hybridized carbons (Fsp3) is 0.222. The molecule has 0 aliphatic heterocycles. The quantitative estimate of drug-likeness (QED) is 0.833. The highest BCUT2D eigenvalue weighted by Gasteiger charge is 2.12. The second kappa shape index (κ2) is 5.10. The maximum Gasteiger partial charge on any atom is 0.310 e. The van der Waals surface area contributed by atoms with E-state index >= 15 is 0 Å². The fourth-order valence-corrected chi connectivity index (χ4v) is 1.02. The average molecular weight is 221 g/mol. The van der Waals surface area contributed by atoms with Crippen molar-refractivity contribution in [2.75, 3.05) is 0 Å². The lowest BCUT2D eigenvalue weighted by atomic mass is 10.0. The van der Waals surface area contributed by atoms with Crippen molar-refractivity contribution in [3.8, 4) is 0 Å². The SMILES string of the molecule is CC(C(=O)O)c1ccc(Cl)cc1.Cl. The van der Waals surface area contributed by atoms with Crippen LogP contribution in [0.5, 0.6) is 0 Å². The molecular weight excluding hydrogens is 211 g/mol. The number of carbonyl (C=O) groups is 1. The number of hydrogen-bond acceptors (Lipinski definition) is 1. The molecule has 1 rings (SSSR count). The summed E-state index contributed by atoms with van der Waals surface area (Å²) in [4.78, 5) is 10.6. The number of carboxylic acid groups (broad SMARTS) is 1. The summed E-state index contributed by atoms with van der Waals surface area (Å²) in [5.41, 5.74) is 0.770. The predicted octanol–water partition coefficient (Wildman–Crippen LogP) is 2.95. The number of aliphatic carboxylic acids is 1. The molecule has 2 nitrogen and oxygen atoms in total. The van der Waals surface area contributed by atoms with Crippen molar-refractivity contribution in [1.82, 2.24) is 0 Å². The van der Waals surface area contributed by atoms with Gasteiger partial charge in [-0.25, -0.2) is 0 Å². The largest absolute Gasteiger partial charge is 0.481 e. The van der Waals surface area contributed by atoms with E-state index in [0.717, 1.165) is 5.56 Å². The first-order chi connectivity index (χ1) is 5.61. The molecule has 0 amide bonds. The summed E-state index contributed by atoms with van der Waals surface area (Å²) in [6, 6.07) is 6.83. The van der Waals surface area contributed by atoms with Gasteiger partial charge in [0.1, 0.15) is 0 Å².